The normalized spacial score (nSPS) is 18.7. The third-order valence-electron chi connectivity index (χ3n) is 2.75. The van der Waals surface area contributed by atoms with Gasteiger partial charge in [0.05, 0.1) is 6.17 Å². The predicted molar refractivity (Wildman–Crippen MR) is 61.0 cm³/mol. The minimum absolute atomic E-state index is 0.435. The molecule has 1 aliphatic heterocycles. The van der Waals surface area contributed by atoms with Crippen LogP contribution in [0.1, 0.15) is 18.4 Å². The Morgan fingerprint density at radius 2 is 2.11 bits per heavy atom. The number of alkyl halides is 3. The molecule has 0 aromatic heterocycles. The smallest absolute Gasteiger partial charge is 0.365 e. The van der Waals surface area contributed by atoms with Crippen molar-refractivity contribution in [2.75, 3.05) is 5.32 Å². The van der Waals surface area contributed by atoms with Crippen molar-refractivity contribution in [3.8, 4) is 0 Å². The summed E-state index contributed by atoms with van der Waals surface area (Å²) in [4.78, 5) is 11.2. The van der Waals surface area contributed by atoms with E-state index in [2.05, 4.69) is 10.6 Å². The first kappa shape index (κ1) is 12.7. The lowest BCUT2D eigenvalue weighted by atomic mass is 10.0. The number of amides is 1. The zero-order chi connectivity index (χ0) is 13.2. The quantitative estimate of drug-likeness (QED) is 0.855. The molecule has 1 aromatic rings. The van der Waals surface area contributed by atoms with E-state index in [0.717, 1.165) is 17.7 Å². The zero-order valence-electron chi connectivity index (χ0n) is 9.55. The van der Waals surface area contributed by atoms with Crippen molar-refractivity contribution in [1.29, 1.82) is 0 Å². The number of aryl methyl sites for hydroxylation is 1. The van der Waals surface area contributed by atoms with Crippen LogP contribution >= 0.6 is 0 Å². The van der Waals surface area contributed by atoms with Gasteiger partial charge in [-0.05, 0) is 24.5 Å². The molecule has 0 spiro atoms. The fourth-order valence-corrected chi connectivity index (χ4v) is 1.97. The number of rotatable bonds is 2. The molecule has 0 radical (unpaired) electrons. The molecule has 1 unspecified atom stereocenters. The molecule has 6 heteroatoms. The molecule has 0 saturated heterocycles. The lowest BCUT2D eigenvalue weighted by molar-refractivity contribution is -0.154. The Morgan fingerprint density at radius 3 is 2.83 bits per heavy atom. The zero-order valence-corrected chi connectivity index (χ0v) is 9.55. The van der Waals surface area contributed by atoms with Crippen LogP contribution in [-0.2, 0) is 11.2 Å². The lowest BCUT2D eigenvalue weighted by Gasteiger charge is -2.27. The minimum Gasteiger partial charge on any atom is -0.365 e. The van der Waals surface area contributed by atoms with E-state index in [1.807, 2.05) is 24.3 Å². The van der Waals surface area contributed by atoms with Gasteiger partial charge in [0, 0.05) is 5.69 Å². The first-order valence-corrected chi connectivity index (χ1v) is 5.64. The van der Waals surface area contributed by atoms with Gasteiger partial charge in [-0.15, -0.1) is 0 Å². The third-order valence-corrected chi connectivity index (χ3v) is 2.75. The number of hydrogen-bond acceptors (Lipinski definition) is 2. The molecule has 1 aliphatic rings. The summed E-state index contributed by atoms with van der Waals surface area (Å²) in [6.07, 6.45) is -5.01. The summed E-state index contributed by atoms with van der Waals surface area (Å²) in [6.45, 7) is 0. The maximum atomic E-state index is 12.0. The largest absolute Gasteiger partial charge is 0.397 e. The van der Waals surface area contributed by atoms with Gasteiger partial charge in [0.1, 0.15) is 6.42 Å². The monoisotopic (exact) mass is 258 g/mol. The fourth-order valence-electron chi connectivity index (χ4n) is 1.97. The van der Waals surface area contributed by atoms with E-state index in [1.165, 1.54) is 0 Å². The van der Waals surface area contributed by atoms with Crippen molar-refractivity contribution >= 4 is 11.6 Å². The SMILES string of the molecule is O=C(CC(F)(F)F)NC1CCc2ccccc2N1. The van der Waals surface area contributed by atoms with Crippen LogP contribution in [0.25, 0.3) is 0 Å². The van der Waals surface area contributed by atoms with Crippen LogP contribution in [-0.4, -0.2) is 18.2 Å². The van der Waals surface area contributed by atoms with Crippen molar-refractivity contribution < 1.29 is 18.0 Å². The molecule has 1 heterocycles. The lowest BCUT2D eigenvalue weighted by Crippen LogP contribution is -2.44. The van der Waals surface area contributed by atoms with E-state index < -0.39 is 24.7 Å². The summed E-state index contributed by atoms with van der Waals surface area (Å²) in [5.41, 5.74) is 1.97. The van der Waals surface area contributed by atoms with Crippen molar-refractivity contribution in [2.45, 2.75) is 31.6 Å². The van der Waals surface area contributed by atoms with Gasteiger partial charge in [0.15, 0.2) is 0 Å². The van der Waals surface area contributed by atoms with Gasteiger partial charge in [-0.2, -0.15) is 13.2 Å². The van der Waals surface area contributed by atoms with Gasteiger partial charge < -0.3 is 10.6 Å². The predicted octanol–water partition coefficient (Wildman–Crippen LogP) is 2.44. The molecular weight excluding hydrogens is 245 g/mol. The summed E-state index contributed by atoms with van der Waals surface area (Å²) in [6, 6.07) is 7.54. The maximum Gasteiger partial charge on any atom is 0.397 e. The van der Waals surface area contributed by atoms with Crippen LogP contribution < -0.4 is 10.6 Å². The molecule has 18 heavy (non-hydrogen) atoms. The number of anilines is 1. The summed E-state index contributed by atoms with van der Waals surface area (Å²) in [7, 11) is 0. The summed E-state index contributed by atoms with van der Waals surface area (Å²) in [5, 5.41) is 5.36. The highest BCUT2D eigenvalue weighted by molar-refractivity contribution is 5.77. The van der Waals surface area contributed by atoms with Crippen molar-refractivity contribution in [3.63, 3.8) is 0 Å². The molecule has 2 rings (SSSR count). The number of halogens is 3. The number of fused-ring (bicyclic) bond motifs is 1. The highest BCUT2D eigenvalue weighted by atomic mass is 19.4. The van der Waals surface area contributed by atoms with Crippen LogP contribution in [0.15, 0.2) is 24.3 Å². The molecule has 98 valence electrons. The van der Waals surface area contributed by atoms with Crippen LogP contribution in [0.3, 0.4) is 0 Å². The Labute approximate surface area is 102 Å². The Kier molecular flexibility index (Phi) is 3.45. The maximum absolute atomic E-state index is 12.0. The van der Waals surface area contributed by atoms with Gasteiger partial charge in [0.2, 0.25) is 5.91 Å². The van der Waals surface area contributed by atoms with Crippen LogP contribution in [0.2, 0.25) is 0 Å². The molecule has 2 N–H and O–H groups in total. The first-order chi connectivity index (χ1) is 8.44. The molecule has 0 fully saturated rings. The number of hydrogen-bond donors (Lipinski definition) is 2. The molecule has 3 nitrogen and oxygen atoms in total. The summed E-state index contributed by atoms with van der Waals surface area (Å²) in [5.74, 6) is -1.00. The summed E-state index contributed by atoms with van der Waals surface area (Å²) >= 11 is 0. The van der Waals surface area contributed by atoms with Gasteiger partial charge in [-0.3, -0.25) is 4.79 Å². The van der Waals surface area contributed by atoms with Gasteiger partial charge >= 0.3 is 6.18 Å². The molecule has 1 atom stereocenters. The average Bonchev–Trinajstić information content (AvgIpc) is 2.26. The van der Waals surface area contributed by atoms with E-state index in [1.54, 1.807) is 0 Å². The van der Waals surface area contributed by atoms with Gasteiger partial charge in [0.25, 0.3) is 0 Å². The van der Waals surface area contributed by atoms with E-state index >= 15 is 0 Å². The van der Waals surface area contributed by atoms with Crippen LogP contribution in [0.4, 0.5) is 18.9 Å². The number of carbonyl (C=O) groups excluding carboxylic acids is 1. The van der Waals surface area contributed by atoms with Crippen LogP contribution in [0, 0.1) is 0 Å². The number of carbonyl (C=O) groups is 1. The average molecular weight is 258 g/mol. The number of benzene rings is 1. The minimum atomic E-state index is -4.46. The molecule has 0 aliphatic carbocycles. The molecular formula is C12H13F3N2O. The van der Waals surface area contributed by atoms with E-state index in [0.29, 0.717) is 6.42 Å². The molecule has 0 bridgehead atoms. The van der Waals surface area contributed by atoms with Crippen molar-refractivity contribution in [1.82, 2.24) is 5.32 Å². The van der Waals surface area contributed by atoms with Gasteiger partial charge in [-0.25, -0.2) is 0 Å². The fraction of sp³-hybridized carbons (Fsp3) is 0.417. The molecule has 1 aromatic carbocycles. The van der Waals surface area contributed by atoms with E-state index in [4.69, 9.17) is 0 Å². The number of nitrogens with one attached hydrogen (secondary N) is 2. The highest BCUT2D eigenvalue weighted by Crippen LogP contribution is 2.24. The highest BCUT2D eigenvalue weighted by Gasteiger charge is 2.32. The second kappa shape index (κ2) is 4.88. The standard InChI is InChI=1S/C12H13F3N2O/c13-12(14,15)7-11(18)17-10-6-5-8-3-1-2-4-9(8)16-10/h1-4,10,16H,5-7H2,(H,17,18). The summed E-state index contributed by atoms with van der Waals surface area (Å²) < 4.78 is 36.1. The van der Waals surface area contributed by atoms with Crippen LogP contribution in [0.5, 0.6) is 0 Å². The Hall–Kier alpha value is -1.72. The van der Waals surface area contributed by atoms with E-state index in [9.17, 15) is 18.0 Å². The van der Waals surface area contributed by atoms with Crippen molar-refractivity contribution in [2.24, 2.45) is 0 Å². The molecule has 0 saturated carbocycles. The Bertz CT molecular complexity index is 445. The molecule has 1 amide bonds. The van der Waals surface area contributed by atoms with E-state index in [-0.39, 0.29) is 0 Å². The second-order valence-electron chi connectivity index (χ2n) is 4.25. The van der Waals surface area contributed by atoms with Crippen molar-refractivity contribution in [3.05, 3.63) is 29.8 Å². The Morgan fingerprint density at radius 1 is 1.39 bits per heavy atom. The third kappa shape index (κ3) is 3.38. The second-order valence-corrected chi connectivity index (χ2v) is 4.25. The Balaban J connectivity index is 1.92. The van der Waals surface area contributed by atoms with Gasteiger partial charge in [-0.1, -0.05) is 18.2 Å². The first-order valence-electron chi connectivity index (χ1n) is 5.64. The topological polar surface area (TPSA) is 41.1 Å². The number of para-hydroxylation sites is 1.